The van der Waals surface area contributed by atoms with Crippen molar-refractivity contribution in [2.45, 2.75) is 151 Å². The molecule has 0 aromatic rings. The zero-order valence-electron chi connectivity index (χ0n) is 23.6. The van der Waals surface area contributed by atoms with E-state index in [1.807, 2.05) is 5.57 Å². The van der Waals surface area contributed by atoms with Gasteiger partial charge in [-0.3, -0.25) is 0 Å². The number of allylic oxidation sites excluding steroid dienone is 2. The fourth-order valence-electron chi connectivity index (χ4n) is 8.62. The van der Waals surface area contributed by atoms with Crippen molar-refractivity contribution in [1.29, 1.82) is 0 Å². The Morgan fingerprint density at radius 1 is 0.909 bits per heavy atom. The average molecular weight is 457 g/mol. The largest absolute Gasteiger partial charge is 0.0845 e. The molecule has 3 rings (SSSR count). The molecule has 0 aliphatic heterocycles. The highest BCUT2D eigenvalue weighted by Crippen LogP contribution is 2.59. The number of hydrogen-bond acceptors (Lipinski definition) is 0. The molecule has 3 aliphatic carbocycles. The van der Waals surface area contributed by atoms with Crippen molar-refractivity contribution in [1.82, 2.24) is 0 Å². The summed E-state index contributed by atoms with van der Waals surface area (Å²) in [5.74, 6) is 6.83. The van der Waals surface area contributed by atoms with Crippen LogP contribution in [0.4, 0.5) is 0 Å². The Morgan fingerprint density at radius 3 is 2.33 bits per heavy atom. The molecule has 0 aromatic carbocycles. The van der Waals surface area contributed by atoms with Gasteiger partial charge in [-0.05, 0) is 91.8 Å². The predicted octanol–water partition coefficient (Wildman–Crippen LogP) is 11.0. The van der Waals surface area contributed by atoms with E-state index in [9.17, 15) is 0 Å². The fraction of sp³-hybridized carbons (Fsp3) is 0.939. The van der Waals surface area contributed by atoms with Gasteiger partial charge < -0.3 is 0 Å². The zero-order valence-corrected chi connectivity index (χ0v) is 23.6. The average Bonchev–Trinajstić information content (AvgIpc) is 3.27. The highest BCUT2D eigenvalue weighted by Gasteiger charge is 2.48. The summed E-state index contributed by atoms with van der Waals surface area (Å²) >= 11 is 0. The van der Waals surface area contributed by atoms with Crippen LogP contribution < -0.4 is 0 Å². The summed E-state index contributed by atoms with van der Waals surface area (Å²) in [5.41, 5.74) is 2.44. The van der Waals surface area contributed by atoms with Crippen molar-refractivity contribution in [3.63, 3.8) is 0 Å². The number of fused-ring (bicyclic) bond motifs is 1. The molecule has 3 aliphatic rings. The van der Waals surface area contributed by atoms with Gasteiger partial charge in [0.2, 0.25) is 0 Å². The molecule has 0 spiro atoms. The standard InChI is InChI=1S/C33H60/c1-7-10-13-27-21-22-33(6)30(24-27)19-20-31(32(33)16-11-8-2)29-18-17-26(23-29)14-12-15-28(9-3)25(4)5/h19,25-29,31-32H,7-18,20-24H2,1-6H3. The minimum absolute atomic E-state index is 0.532. The number of rotatable bonds is 13. The third-order valence-corrected chi connectivity index (χ3v) is 11.0. The van der Waals surface area contributed by atoms with Gasteiger partial charge in [0, 0.05) is 0 Å². The van der Waals surface area contributed by atoms with E-state index < -0.39 is 0 Å². The molecule has 2 saturated carbocycles. The van der Waals surface area contributed by atoms with Gasteiger partial charge in [0.05, 0.1) is 0 Å². The third-order valence-electron chi connectivity index (χ3n) is 11.0. The van der Waals surface area contributed by atoms with Gasteiger partial charge in [0.25, 0.3) is 0 Å². The second kappa shape index (κ2) is 13.2. The normalized spacial score (nSPS) is 35.5. The lowest BCUT2D eigenvalue weighted by molar-refractivity contribution is 0.0520. The topological polar surface area (TPSA) is 0 Å². The lowest BCUT2D eigenvalue weighted by Crippen LogP contribution is -2.43. The SMILES string of the molecule is CCCCC1CCC2(C)C(=CCC(C3CCC(CCCC(CC)C(C)C)C3)C2CCCC)C1. The van der Waals surface area contributed by atoms with Gasteiger partial charge in [-0.25, -0.2) is 0 Å². The van der Waals surface area contributed by atoms with Gasteiger partial charge >= 0.3 is 0 Å². The van der Waals surface area contributed by atoms with Gasteiger partial charge in [0.1, 0.15) is 0 Å². The summed E-state index contributed by atoms with van der Waals surface area (Å²) in [6, 6.07) is 0. The molecule has 0 amide bonds. The van der Waals surface area contributed by atoms with Gasteiger partial charge in [-0.1, -0.05) is 117 Å². The molecule has 7 atom stereocenters. The maximum Gasteiger partial charge on any atom is -0.00851 e. The number of unbranched alkanes of at least 4 members (excludes halogenated alkanes) is 2. The molecular weight excluding hydrogens is 396 g/mol. The van der Waals surface area contributed by atoms with E-state index in [0.717, 1.165) is 41.4 Å². The molecule has 0 heteroatoms. The van der Waals surface area contributed by atoms with Gasteiger partial charge in [-0.15, -0.1) is 0 Å². The molecular formula is C33H60. The minimum atomic E-state index is 0.532. The van der Waals surface area contributed by atoms with Crippen LogP contribution in [-0.2, 0) is 0 Å². The van der Waals surface area contributed by atoms with Crippen LogP contribution in [0.3, 0.4) is 0 Å². The first-order valence-corrected chi connectivity index (χ1v) is 15.6. The van der Waals surface area contributed by atoms with Crippen LogP contribution in [0.25, 0.3) is 0 Å². The molecule has 7 unspecified atom stereocenters. The lowest BCUT2D eigenvalue weighted by Gasteiger charge is -2.52. The van der Waals surface area contributed by atoms with Gasteiger partial charge in [-0.2, -0.15) is 0 Å². The third kappa shape index (κ3) is 6.91. The monoisotopic (exact) mass is 456 g/mol. The van der Waals surface area contributed by atoms with Gasteiger partial charge in [0.15, 0.2) is 0 Å². The summed E-state index contributed by atoms with van der Waals surface area (Å²) in [4.78, 5) is 0. The summed E-state index contributed by atoms with van der Waals surface area (Å²) in [5, 5.41) is 0. The van der Waals surface area contributed by atoms with Crippen LogP contribution in [0, 0.1) is 46.8 Å². The highest BCUT2D eigenvalue weighted by molar-refractivity contribution is 5.23. The summed E-state index contributed by atoms with van der Waals surface area (Å²) < 4.78 is 0. The summed E-state index contributed by atoms with van der Waals surface area (Å²) in [6.07, 6.45) is 27.7. The van der Waals surface area contributed by atoms with Crippen molar-refractivity contribution < 1.29 is 0 Å². The maximum absolute atomic E-state index is 2.80. The first-order chi connectivity index (χ1) is 15.9. The van der Waals surface area contributed by atoms with E-state index in [-0.39, 0.29) is 0 Å². The van der Waals surface area contributed by atoms with Crippen molar-refractivity contribution >= 4 is 0 Å². The first-order valence-electron chi connectivity index (χ1n) is 15.6. The van der Waals surface area contributed by atoms with E-state index in [0.29, 0.717) is 5.41 Å². The predicted molar refractivity (Wildman–Crippen MR) is 147 cm³/mol. The van der Waals surface area contributed by atoms with Crippen LogP contribution in [0.5, 0.6) is 0 Å². The van der Waals surface area contributed by atoms with Crippen molar-refractivity contribution in [2.75, 3.05) is 0 Å². The lowest BCUT2D eigenvalue weighted by atomic mass is 9.52. The quantitative estimate of drug-likeness (QED) is 0.242. The van der Waals surface area contributed by atoms with Crippen molar-refractivity contribution in [3.05, 3.63) is 11.6 Å². The molecule has 0 saturated heterocycles. The molecule has 0 N–H and O–H groups in total. The molecule has 2 fully saturated rings. The summed E-state index contributed by atoms with van der Waals surface area (Å²) in [7, 11) is 0. The van der Waals surface area contributed by atoms with Crippen LogP contribution >= 0.6 is 0 Å². The Bertz CT molecular complexity index is 585. The van der Waals surface area contributed by atoms with E-state index in [4.69, 9.17) is 0 Å². The second-order valence-corrected chi connectivity index (χ2v) is 13.3. The smallest absolute Gasteiger partial charge is 0.00851 e. The molecule has 192 valence electrons. The van der Waals surface area contributed by atoms with E-state index >= 15 is 0 Å². The van der Waals surface area contributed by atoms with E-state index in [1.165, 1.54) is 103 Å². The fourth-order valence-corrected chi connectivity index (χ4v) is 8.62. The Labute approximate surface area is 209 Å². The van der Waals surface area contributed by atoms with E-state index in [2.05, 4.69) is 47.6 Å². The molecule has 33 heavy (non-hydrogen) atoms. The number of hydrogen-bond donors (Lipinski definition) is 0. The molecule has 0 nitrogen and oxygen atoms in total. The Morgan fingerprint density at radius 2 is 1.64 bits per heavy atom. The van der Waals surface area contributed by atoms with Crippen LogP contribution in [0.2, 0.25) is 0 Å². The Balaban J connectivity index is 1.61. The Hall–Kier alpha value is -0.260. The maximum atomic E-state index is 2.80. The van der Waals surface area contributed by atoms with Crippen molar-refractivity contribution in [2.24, 2.45) is 46.8 Å². The highest BCUT2D eigenvalue weighted by atomic mass is 14.5. The molecule has 0 bridgehead atoms. The van der Waals surface area contributed by atoms with Crippen molar-refractivity contribution in [3.8, 4) is 0 Å². The first kappa shape index (κ1) is 27.3. The summed E-state index contributed by atoms with van der Waals surface area (Å²) in [6.45, 7) is 14.7. The second-order valence-electron chi connectivity index (χ2n) is 13.3. The zero-order chi connectivity index (χ0) is 23.8. The van der Waals surface area contributed by atoms with Crippen LogP contribution in [0.15, 0.2) is 11.6 Å². The molecule has 0 radical (unpaired) electrons. The van der Waals surface area contributed by atoms with Crippen LogP contribution in [-0.4, -0.2) is 0 Å². The molecule has 0 aromatic heterocycles. The Kier molecular flexibility index (Phi) is 10.9. The minimum Gasteiger partial charge on any atom is -0.0845 e. The van der Waals surface area contributed by atoms with Crippen LogP contribution in [0.1, 0.15) is 151 Å². The molecule has 0 heterocycles. The van der Waals surface area contributed by atoms with E-state index in [1.54, 1.807) is 6.42 Å².